The van der Waals surface area contributed by atoms with E-state index in [1.807, 2.05) is 74.8 Å². The fourth-order valence-electron chi connectivity index (χ4n) is 2.69. The molecular weight excluding hydrogens is 312 g/mol. The number of carbonyl (C=O) groups excluding carboxylic acids is 1. The maximum atomic E-state index is 12.7. The van der Waals surface area contributed by atoms with Gasteiger partial charge in [-0.05, 0) is 31.8 Å². The Kier molecular flexibility index (Phi) is 5.26. The lowest BCUT2D eigenvalue weighted by atomic mass is 10.1. The van der Waals surface area contributed by atoms with E-state index in [0.29, 0.717) is 5.56 Å². The number of benzene rings is 2. The average molecular weight is 334 g/mol. The number of nitrogens with one attached hydrogen (secondary N) is 1. The molecule has 5 nitrogen and oxygen atoms in total. The highest BCUT2D eigenvalue weighted by Gasteiger charge is 2.17. The number of likely N-dealkylation sites (N-methyl/N-ethyl adjacent to an activating group) is 1. The van der Waals surface area contributed by atoms with Crippen LogP contribution in [0.3, 0.4) is 0 Å². The predicted molar refractivity (Wildman–Crippen MR) is 98.8 cm³/mol. The van der Waals surface area contributed by atoms with Gasteiger partial charge < -0.3 is 10.2 Å². The molecule has 1 N–H and O–H groups in total. The Bertz CT molecular complexity index is 812. The molecule has 0 bridgehead atoms. The summed E-state index contributed by atoms with van der Waals surface area (Å²) in [5.74, 6) is -0.127. The van der Waals surface area contributed by atoms with Crippen molar-refractivity contribution in [3.8, 4) is 5.69 Å². The maximum absolute atomic E-state index is 12.7. The van der Waals surface area contributed by atoms with Crippen LogP contribution in [0.1, 0.15) is 22.0 Å². The molecular formula is C20H22N4O. The second-order valence-electron chi connectivity index (χ2n) is 6.21. The standard InChI is InChI=1S/C20H22N4O/c1-23(2)15-19(16-9-5-3-6-10-16)22-20(25)17-13-21-24(14-17)18-11-7-4-8-12-18/h3-14,19H,15H2,1-2H3,(H,22,25). The van der Waals surface area contributed by atoms with Crippen molar-refractivity contribution in [1.82, 2.24) is 20.0 Å². The van der Waals surface area contributed by atoms with Crippen LogP contribution in [0.25, 0.3) is 5.69 Å². The number of para-hydroxylation sites is 1. The first-order valence-electron chi connectivity index (χ1n) is 8.24. The summed E-state index contributed by atoms with van der Waals surface area (Å²) in [6, 6.07) is 19.7. The Morgan fingerprint density at radius 3 is 2.36 bits per heavy atom. The molecule has 3 rings (SSSR count). The minimum absolute atomic E-state index is 0.0798. The SMILES string of the molecule is CN(C)CC(NC(=O)c1cnn(-c2ccccc2)c1)c1ccccc1. The lowest BCUT2D eigenvalue weighted by Gasteiger charge is -2.22. The number of carbonyl (C=O) groups is 1. The van der Waals surface area contributed by atoms with Gasteiger partial charge in [-0.25, -0.2) is 4.68 Å². The van der Waals surface area contributed by atoms with Gasteiger partial charge in [-0.3, -0.25) is 4.79 Å². The zero-order valence-corrected chi connectivity index (χ0v) is 14.5. The van der Waals surface area contributed by atoms with Gasteiger partial charge in [0.25, 0.3) is 5.91 Å². The summed E-state index contributed by atoms with van der Waals surface area (Å²) in [7, 11) is 3.99. The quantitative estimate of drug-likeness (QED) is 0.754. The van der Waals surface area contributed by atoms with Crippen LogP contribution in [0, 0.1) is 0 Å². The van der Waals surface area contributed by atoms with E-state index >= 15 is 0 Å². The predicted octanol–water partition coefficient (Wildman–Crippen LogP) is 2.91. The average Bonchev–Trinajstić information content (AvgIpc) is 3.12. The third kappa shape index (κ3) is 4.33. The molecule has 1 atom stereocenters. The van der Waals surface area contributed by atoms with Crippen LogP contribution < -0.4 is 5.32 Å². The molecule has 1 heterocycles. The first-order chi connectivity index (χ1) is 12.1. The van der Waals surface area contributed by atoms with Crippen LogP contribution in [-0.4, -0.2) is 41.2 Å². The van der Waals surface area contributed by atoms with Crippen LogP contribution in [-0.2, 0) is 0 Å². The Balaban J connectivity index is 1.77. The molecule has 0 saturated carbocycles. The van der Waals surface area contributed by atoms with E-state index in [1.165, 1.54) is 0 Å². The van der Waals surface area contributed by atoms with Gasteiger partial charge in [0.1, 0.15) is 0 Å². The van der Waals surface area contributed by atoms with E-state index < -0.39 is 0 Å². The Labute approximate surface area is 147 Å². The zero-order chi connectivity index (χ0) is 17.6. The summed E-state index contributed by atoms with van der Waals surface area (Å²) in [5.41, 5.74) is 2.55. The van der Waals surface area contributed by atoms with Crippen molar-refractivity contribution >= 4 is 5.91 Å². The maximum Gasteiger partial charge on any atom is 0.255 e. The molecule has 1 aromatic heterocycles. The fourth-order valence-corrected chi connectivity index (χ4v) is 2.69. The van der Waals surface area contributed by atoms with Crippen molar-refractivity contribution < 1.29 is 4.79 Å². The first-order valence-corrected chi connectivity index (χ1v) is 8.24. The van der Waals surface area contributed by atoms with Crippen LogP contribution in [0.2, 0.25) is 0 Å². The highest BCUT2D eigenvalue weighted by molar-refractivity contribution is 5.94. The van der Waals surface area contributed by atoms with Crippen molar-refractivity contribution in [3.05, 3.63) is 84.2 Å². The van der Waals surface area contributed by atoms with Gasteiger partial charge in [0.15, 0.2) is 0 Å². The van der Waals surface area contributed by atoms with Gasteiger partial charge >= 0.3 is 0 Å². The highest BCUT2D eigenvalue weighted by atomic mass is 16.1. The summed E-state index contributed by atoms with van der Waals surface area (Å²) in [6.45, 7) is 0.725. The monoisotopic (exact) mass is 334 g/mol. The fraction of sp³-hybridized carbons (Fsp3) is 0.200. The molecule has 2 aromatic carbocycles. The molecule has 0 aliphatic heterocycles. The number of hydrogen-bond donors (Lipinski definition) is 1. The first kappa shape index (κ1) is 16.9. The largest absolute Gasteiger partial charge is 0.344 e. The van der Waals surface area contributed by atoms with Gasteiger partial charge in [0, 0.05) is 12.7 Å². The molecule has 0 spiro atoms. The number of aromatic nitrogens is 2. The van der Waals surface area contributed by atoms with Gasteiger partial charge in [0.05, 0.1) is 23.5 Å². The summed E-state index contributed by atoms with van der Waals surface area (Å²) in [5, 5.41) is 7.41. The molecule has 3 aromatic rings. The molecule has 0 radical (unpaired) electrons. The lowest BCUT2D eigenvalue weighted by molar-refractivity contribution is 0.0930. The van der Waals surface area contributed by atoms with Crippen molar-refractivity contribution in [1.29, 1.82) is 0 Å². The van der Waals surface area contributed by atoms with E-state index in [4.69, 9.17) is 0 Å². The Morgan fingerprint density at radius 2 is 1.72 bits per heavy atom. The number of rotatable bonds is 6. The zero-order valence-electron chi connectivity index (χ0n) is 14.5. The number of amides is 1. The van der Waals surface area contributed by atoms with E-state index in [1.54, 1.807) is 17.1 Å². The van der Waals surface area contributed by atoms with Gasteiger partial charge in [0.2, 0.25) is 0 Å². The van der Waals surface area contributed by atoms with Gasteiger partial charge in [-0.2, -0.15) is 5.10 Å². The second-order valence-corrected chi connectivity index (χ2v) is 6.21. The topological polar surface area (TPSA) is 50.2 Å². The minimum Gasteiger partial charge on any atom is -0.344 e. The highest BCUT2D eigenvalue weighted by Crippen LogP contribution is 2.15. The number of nitrogens with zero attached hydrogens (tertiary/aromatic N) is 3. The molecule has 0 fully saturated rings. The van der Waals surface area contributed by atoms with E-state index in [-0.39, 0.29) is 11.9 Å². The molecule has 0 saturated heterocycles. The van der Waals surface area contributed by atoms with Crippen molar-refractivity contribution in [2.45, 2.75) is 6.04 Å². The van der Waals surface area contributed by atoms with Crippen molar-refractivity contribution in [2.75, 3.05) is 20.6 Å². The molecule has 5 heteroatoms. The van der Waals surface area contributed by atoms with E-state index in [0.717, 1.165) is 17.8 Å². The third-order valence-electron chi connectivity index (χ3n) is 3.92. The van der Waals surface area contributed by atoms with Crippen LogP contribution in [0.4, 0.5) is 0 Å². The van der Waals surface area contributed by atoms with Crippen LogP contribution in [0.15, 0.2) is 73.1 Å². The van der Waals surface area contributed by atoms with Crippen LogP contribution >= 0.6 is 0 Å². The molecule has 0 aliphatic rings. The van der Waals surface area contributed by atoms with Crippen molar-refractivity contribution in [3.63, 3.8) is 0 Å². The molecule has 1 amide bonds. The minimum atomic E-state index is -0.127. The molecule has 1 unspecified atom stereocenters. The number of hydrogen-bond acceptors (Lipinski definition) is 3. The van der Waals surface area contributed by atoms with Crippen LogP contribution in [0.5, 0.6) is 0 Å². The van der Waals surface area contributed by atoms with Crippen molar-refractivity contribution in [2.24, 2.45) is 0 Å². The molecule has 0 aliphatic carbocycles. The summed E-state index contributed by atoms with van der Waals surface area (Å²) in [4.78, 5) is 14.7. The lowest BCUT2D eigenvalue weighted by Crippen LogP contribution is -2.35. The smallest absolute Gasteiger partial charge is 0.255 e. The normalized spacial score (nSPS) is 12.1. The van der Waals surface area contributed by atoms with E-state index in [9.17, 15) is 4.79 Å². The van der Waals surface area contributed by atoms with Gasteiger partial charge in [-0.1, -0.05) is 48.5 Å². The Morgan fingerprint density at radius 1 is 1.08 bits per heavy atom. The summed E-state index contributed by atoms with van der Waals surface area (Å²) >= 11 is 0. The molecule has 25 heavy (non-hydrogen) atoms. The molecule has 128 valence electrons. The third-order valence-corrected chi connectivity index (χ3v) is 3.92. The Hall–Kier alpha value is -2.92. The second kappa shape index (κ2) is 7.77. The summed E-state index contributed by atoms with van der Waals surface area (Å²) in [6.07, 6.45) is 3.35. The van der Waals surface area contributed by atoms with E-state index in [2.05, 4.69) is 15.3 Å². The van der Waals surface area contributed by atoms with Gasteiger partial charge in [-0.15, -0.1) is 0 Å². The summed E-state index contributed by atoms with van der Waals surface area (Å²) < 4.78 is 1.71.